The average molecular weight is 202 g/mol. The second-order valence-corrected chi connectivity index (χ2v) is 4.23. The van der Waals surface area contributed by atoms with Crippen molar-refractivity contribution in [2.45, 2.75) is 18.3 Å². The molecule has 0 radical (unpaired) electrons. The maximum atomic E-state index is 8.58. The van der Waals surface area contributed by atoms with Crippen LogP contribution in [0.1, 0.15) is 6.92 Å². The predicted molar refractivity (Wildman–Crippen MR) is 53.8 cm³/mol. The number of hydrogen-bond acceptors (Lipinski definition) is 3. The monoisotopic (exact) mass is 201 g/mol. The largest absolute Gasteiger partial charge is 0.304 e. The third kappa shape index (κ3) is 3.15. The van der Waals surface area contributed by atoms with Crippen molar-refractivity contribution in [2.75, 3.05) is 33.2 Å². The van der Waals surface area contributed by atoms with Crippen molar-refractivity contribution in [3.05, 3.63) is 0 Å². The van der Waals surface area contributed by atoms with E-state index in [2.05, 4.69) is 29.8 Å². The van der Waals surface area contributed by atoms with E-state index in [9.17, 15) is 0 Å². The summed E-state index contributed by atoms with van der Waals surface area (Å²) >= 11 is 5.78. The lowest BCUT2D eigenvalue weighted by atomic mass is 10.2. The molecule has 0 bridgehead atoms. The lowest BCUT2D eigenvalue weighted by Gasteiger charge is -2.38. The summed E-state index contributed by atoms with van der Waals surface area (Å²) in [6, 6.07) is 2.56. The third-order valence-corrected chi connectivity index (χ3v) is 2.74. The molecule has 3 nitrogen and oxygen atoms in total. The molecular weight excluding hydrogens is 186 g/mol. The van der Waals surface area contributed by atoms with Gasteiger partial charge in [0, 0.05) is 32.2 Å². The molecule has 1 aliphatic heterocycles. The summed E-state index contributed by atoms with van der Waals surface area (Å²) in [7, 11) is 2.12. The summed E-state index contributed by atoms with van der Waals surface area (Å²) in [5.41, 5.74) is 0. The number of rotatable bonds is 2. The summed E-state index contributed by atoms with van der Waals surface area (Å²) in [6.07, 6.45) is 0. The van der Waals surface area contributed by atoms with E-state index in [0.717, 1.165) is 19.6 Å². The van der Waals surface area contributed by atoms with Crippen molar-refractivity contribution in [3.63, 3.8) is 0 Å². The first-order valence-electron chi connectivity index (χ1n) is 4.59. The van der Waals surface area contributed by atoms with Gasteiger partial charge in [0.05, 0.1) is 6.07 Å². The predicted octanol–water partition coefficient (Wildman–Crippen LogP) is 0.753. The second kappa shape index (κ2) is 4.80. The van der Waals surface area contributed by atoms with Gasteiger partial charge >= 0.3 is 0 Å². The number of hydrogen-bond donors (Lipinski definition) is 0. The van der Waals surface area contributed by atoms with Crippen LogP contribution in [0.15, 0.2) is 0 Å². The topological polar surface area (TPSA) is 30.3 Å². The van der Waals surface area contributed by atoms with E-state index in [-0.39, 0.29) is 5.38 Å². The van der Waals surface area contributed by atoms with Gasteiger partial charge in [-0.1, -0.05) is 0 Å². The van der Waals surface area contributed by atoms with E-state index >= 15 is 0 Å². The minimum Gasteiger partial charge on any atom is -0.304 e. The third-order valence-electron chi connectivity index (χ3n) is 2.50. The van der Waals surface area contributed by atoms with Crippen LogP contribution in [-0.2, 0) is 0 Å². The van der Waals surface area contributed by atoms with Crippen LogP contribution in [0.5, 0.6) is 0 Å². The van der Waals surface area contributed by atoms with Gasteiger partial charge in [-0.2, -0.15) is 5.26 Å². The first kappa shape index (κ1) is 10.8. The maximum absolute atomic E-state index is 8.58. The minimum absolute atomic E-state index is 0.370. The number of alkyl halides is 1. The van der Waals surface area contributed by atoms with Crippen LogP contribution < -0.4 is 0 Å². The lowest BCUT2D eigenvalue weighted by Crippen LogP contribution is -2.51. The van der Waals surface area contributed by atoms with Crippen molar-refractivity contribution in [2.24, 2.45) is 0 Å². The van der Waals surface area contributed by atoms with Gasteiger partial charge in [-0.05, 0) is 14.0 Å². The van der Waals surface area contributed by atoms with Crippen LogP contribution in [0.25, 0.3) is 0 Å². The highest BCUT2D eigenvalue weighted by atomic mass is 35.5. The molecule has 4 heteroatoms. The van der Waals surface area contributed by atoms with E-state index in [1.165, 1.54) is 0 Å². The molecule has 0 aromatic carbocycles. The smallest absolute Gasteiger partial charge is 0.133 e. The zero-order valence-electron chi connectivity index (χ0n) is 8.20. The Bertz CT molecular complexity index is 202. The molecule has 0 N–H and O–H groups in total. The maximum Gasteiger partial charge on any atom is 0.133 e. The van der Waals surface area contributed by atoms with Gasteiger partial charge in [0.25, 0.3) is 0 Å². The molecule has 1 saturated heterocycles. The average Bonchev–Trinajstić information content (AvgIpc) is 2.09. The van der Waals surface area contributed by atoms with Gasteiger partial charge in [0.2, 0.25) is 0 Å². The normalized spacial score (nSPS) is 28.3. The van der Waals surface area contributed by atoms with E-state index in [1.54, 1.807) is 0 Å². The van der Waals surface area contributed by atoms with Gasteiger partial charge < -0.3 is 4.90 Å². The van der Waals surface area contributed by atoms with Crippen molar-refractivity contribution < 1.29 is 0 Å². The lowest BCUT2D eigenvalue weighted by molar-refractivity contribution is 0.103. The Morgan fingerprint density at radius 3 is 2.85 bits per heavy atom. The second-order valence-electron chi connectivity index (χ2n) is 3.70. The van der Waals surface area contributed by atoms with Crippen LogP contribution in [0.2, 0.25) is 0 Å². The SMILES string of the molecule is CC1CN(C)CCN1CC(Cl)C#N. The quantitative estimate of drug-likeness (QED) is 0.618. The first-order valence-corrected chi connectivity index (χ1v) is 5.03. The molecule has 0 aromatic heterocycles. The van der Waals surface area contributed by atoms with E-state index in [1.807, 2.05) is 0 Å². The summed E-state index contributed by atoms with van der Waals surface area (Å²) < 4.78 is 0. The number of piperazine rings is 1. The van der Waals surface area contributed by atoms with Crippen LogP contribution in [0.4, 0.5) is 0 Å². The number of likely N-dealkylation sites (N-methyl/N-ethyl adjacent to an activating group) is 1. The molecule has 1 aliphatic rings. The van der Waals surface area contributed by atoms with E-state index < -0.39 is 0 Å². The molecule has 0 aliphatic carbocycles. The van der Waals surface area contributed by atoms with Crippen molar-refractivity contribution >= 4 is 11.6 Å². The van der Waals surface area contributed by atoms with Crippen LogP contribution in [0.3, 0.4) is 0 Å². The number of nitrogens with zero attached hydrogens (tertiary/aromatic N) is 3. The molecule has 0 saturated carbocycles. The zero-order valence-corrected chi connectivity index (χ0v) is 8.96. The molecule has 74 valence electrons. The summed E-state index contributed by atoms with van der Waals surface area (Å²) in [6.45, 7) is 6.01. The molecule has 2 unspecified atom stereocenters. The molecule has 13 heavy (non-hydrogen) atoms. The molecule has 0 amide bonds. The summed E-state index contributed by atoms with van der Waals surface area (Å²) in [5, 5.41) is 8.22. The molecule has 1 heterocycles. The zero-order chi connectivity index (χ0) is 9.84. The molecule has 1 fully saturated rings. The molecule has 0 aromatic rings. The summed E-state index contributed by atoms with van der Waals surface area (Å²) in [5.74, 6) is 0. The van der Waals surface area contributed by atoms with E-state index in [0.29, 0.717) is 12.6 Å². The summed E-state index contributed by atoms with van der Waals surface area (Å²) in [4.78, 5) is 4.58. The highest BCUT2D eigenvalue weighted by Crippen LogP contribution is 2.09. The molecule has 0 spiro atoms. The van der Waals surface area contributed by atoms with Crippen LogP contribution >= 0.6 is 11.6 Å². The fraction of sp³-hybridized carbons (Fsp3) is 0.889. The Morgan fingerprint density at radius 2 is 2.31 bits per heavy atom. The Kier molecular flexibility index (Phi) is 3.98. The van der Waals surface area contributed by atoms with Gasteiger partial charge in [0.15, 0.2) is 0 Å². The Labute approximate surface area is 84.9 Å². The molecule has 2 atom stereocenters. The Balaban J connectivity index is 2.39. The van der Waals surface area contributed by atoms with Gasteiger partial charge in [-0.15, -0.1) is 11.6 Å². The number of nitriles is 1. The van der Waals surface area contributed by atoms with Crippen molar-refractivity contribution in [1.82, 2.24) is 9.80 Å². The highest BCUT2D eigenvalue weighted by molar-refractivity contribution is 6.22. The fourth-order valence-electron chi connectivity index (χ4n) is 1.70. The first-order chi connectivity index (χ1) is 6.13. The molecular formula is C9H16ClN3. The van der Waals surface area contributed by atoms with Crippen molar-refractivity contribution in [1.29, 1.82) is 5.26 Å². The minimum atomic E-state index is -0.370. The highest BCUT2D eigenvalue weighted by Gasteiger charge is 2.22. The van der Waals surface area contributed by atoms with Gasteiger partial charge in [-0.3, -0.25) is 4.90 Å². The molecule has 1 rings (SSSR count). The van der Waals surface area contributed by atoms with Gasteiger partial charge in [-0.25, -0.2) is 0 Å². The van der Waals surface area contributed by atoms with Gasteiger partial charge in [0.1, 0.15) is 5.38 Å². The van der Waals surface area contributed by atoms with Crippen LogP contribution in [-0.4, -0.2) is 54.4 Å². The van der Waals surface area contributed by atoms with Crippen molar-refractivity contribution in [3.8, 4) is 6.07 Å². The number of halogens is 1. The fourth-order valence-corrected chi connectivity index (χ4v) is 1.87. The standard InChI is InChI=1S/C9H16ClN3/c1-8-6-12(2)3-4-13(8)7-9(10)5-11/h8-9H,3-4,6-7H2,1-2H3. The Hall–Kier alpha value is -0.300. The van der Waals surface area contributed by atoms with E-state index in [4.69, 9.17) is 16.9 Å². The Morgan fingerprint density at radius 1 is 1.62 bits per heavy atom. The van der Waals surface area contributed by atoms with Crippen LogP contribution in [0, 0.1) is 11.3 Å².